The average Bonchev–Trinajstić information content (AvgIpc) is 3.43. The van der Waals surface area contributed by atoms with E-state index < -0.39 is 17.7 Å². The monoisotopic (exact) mass is 427 g/mol. The van der Waals surface area contributed by atoms with E-state index in [0.29, 0.717) is 5.56 Å². The topological polar surface area (TPSA) is 92.0 Å². The fourth-order valence-corrected chi connectivity index (χ4v) is 4.19. The van der Waals surface area contributed by atoms with E-state index in [1.807, 2.05) is 12.1 Å². The summed E-state index contributed by atoms with van der Waals surface area (Å²) in [6, 6.07) is 10.3. The molecule has 2 aromatic heterocycles. The van der Waals surface area contributed by atoms with Gasteiger partial charge < -0.3 is 14.6 Å². The van der Waals surface area contributed by atoms with E-state index in [4.69, 9.17) is 9.63 Å². The summed E-state index contributed by atoms with van der Waals surface area (Å²) in [6.07, 6.45) is -2.83. The van der Waals surface area contributed by atoms with Gasteiger partial charge in [-0.25, -0.2) is 0 Å². The number of carboxylic acid groups (broad SMARTS) is 1. The molecule has 158 valence electrons. The number of nitrogens with one attached hydrogen (secondary N) is 1. The predicted molar refractivity (Wildman–Crippen MR) is 105 cm³/mol. The van der Waals surface area contributed by atoms with E-state index in [-0.39, 0.29) is 29.6 Å². The molecule has 1 unspecified atom stereocenters. The van der Waals surface area contributed by atoms with Gasteiger partial charge in [-0.3, -0.25) is 4.79 Å². The van der Waals surface area contributed by atoms with Crippen LogP contribution in [0.25, 0.3) is 33.7 Å². The van der Waals surface area contributed by atoms with Gasteiger partial charge in [-0.2, -0.15) is 18.2 Å². The van der Waals surface area contributed by atoms with Gasteiger partial charge in [0.25, 0.3) is 5.89 Å². The van der Waals surface area contributed by atoms with E-state index >= 15 is 0 Å². The molecule has 4 aromatic rings. The van der Waals surface area contributed by atoms with Crippen LogP contribution in [-0.2, 0) is 17.4 Å². The maximum Gasteiger partial charge on any atom is 0.416 e. The second kappa shape index (κ2) is 6.97. The first-order valence-corrected chi connectivity index (χ1v) is 9.67. The number of aromatic amines is 1. The molecule has 0 saturated heterocycles. The molecule has 6 nitrogen and oxygen atoms in total. The number of carboxylic acids is 1. The highest BCUT2D eigenvalue weighted by Gasteiger charge is 2.31. The maximum atomic E-state index is 13.0. The van der Waals surface area contributed by atoms with E-state index in [2.05, 4.69) is 15.1 Å². The largest absolute Gasteiger partial charge is 0.481 e. The number of carbonyl (C=O) groups is 1. The summed E-state index contributed by atoms with van der Waals surface area (Å²) < 4.78 is 44.1. The van der Waals surface area contributed by atoms with Crippen molar-refractivity contribution in [3.05, 3.63) is 59.3 Å². The van der Waals surface area contributed by atoms with Gasteiger partial charge in [-0.15, -0.1) is 0 Å². The molecule has 1 aliphatic rings. The Labute approximate surface area is 173 Å². The number of H-pyrrole nitrogens is 1. The number of aryl methyl sites for hydroxylation is 1. The van der Waals surface area contributed by atoms with Gasteiger partial charge in [0.15, 0.2) is 0 Å². The molecular formula is C22H16F3N3O3. The van der Waals surface area contributed by atoms with Crippen LogP contribution >= 0.6 is 0 Å². The quantitative estimate of drug-likeness (QED) is 0.454. The average molecular weight is 427 g/mol. The Balaban J connectivity index is 1.49. The number of halogens is 3. The van der Waals surface area contributed by atoms with Crippen LogP contribution in [0, 0.1) is 0 Å². The SMILES string of the molecule is O=C(O)CC1CCc2c1[nH]c1ccc(-c3noc(-c4cccc(C(F)(F)F)c4)n3)cc21. The Morgan fingerprint density at radius 3 is 2.81 bits per heavy atom. The van der Waals surface area contributed by atoms with Crippen molar-refractivity contribution >= 4 is 16.9 Å². The summed E-state index contributed by atoms with van der Waals surface area (Å²) in [4.78, 5) is 18.7. The van der Waals surface area contributed by atoms with Gasteiger partial charge in [-0.05, 0) is 54.8 Å². The summed E-state index contributed by atoms with van der Waals surface area (Å²) >= 11 is 0. The molecule has 0 saturated carbocycles. The zero-order valence-corrected chi connectivity index (χ0v) is 16.0. The highest BCUT2D eigenvalue weighted by atomic mass is 19.4. The summed E-state index contributed by atoms with van der Waals surface area (Å²) in [5.74, 6) is -0.599. The Kier molecular flexibility index (Phi) is 4.35. The van der Waals surface area contributed by atoms with E-state index in [1.54, 1.807) is 6.07 Å². The highest BCUT2D eigenvalue weighted by molar-refractivity contribution is 5.89. The first-order valence-electron chi connectivity index (χ1n) is 9.67. The number of hydrogen-bond acceptors (Lipinski definition) is 4. The van der Waals surface area contributed by atoms with Crippen molar-refractivity contribution in [1.29, 1.82) is 0 Å². The molecular weight excluding hydrogens is 411 g/mol. The first kappa shape index (κ1) is 19.3. The van der Waals surface area contributed by atoms with Crippen molar-refractivity contribution < 1.29 is 27.6 Å². The lowest BCUT2D eigenvalue weighted by Gasteiger charge is -2.06. The fraction of sp³-hybridized carbons (Fsp3) is 0.227. The van der Waals surface area contributed by atoms with Crippen LogP contribution < -0.4 is 0 Å². The zero-order chi connectivity index (χ0) is 21.8. The molecule has 0 radical (unpaired) electrons. The minimum atomic E-state index is -4.46. The summed E-state index contributed by atoms with van der Waals surface area (Å²) in [6.45, 7) is 0. The number of aromatic nitrogens is 3. The van der Waals surface area contributed by atoms with Gasteiger partial charge in [0, 0.05) is 33.6 Å². The number of benzene rings is 2. The van der Waals surface area contributed by atoms with Crippen molar-refractivity contribution in [2.45, 2.75) is 31.4 Å². The minimum absolute atomic E-state index is 0.00187. The molecule has 0 amide bonds. The third-order valence-electron chi connectivity index (χ3n) is 5.63. The summed E-state index contributed by atoms with van der Waals surface area (Å²) in [7, 11) is 0. The van der Waals surface area contributed by atoms with E-state index in [0.717, 1.165) is 47.1 Å². The molecule has 0 spiro atoms. The molecule has 5 rings (SSSR count). The maximum absolute atomic E-state index is 13.0. The van der Waals surface area contributed by atoms with E-state index in [9.17, 15) is 18.0 Å². The molecule has 0 fully saturated rings. The van der Waals surface area contributed by atoms with Crippen LogP contribution in [0.2, 0.25) is 0 Å². The van der Waals surface area contributed by atoms with Gasteiger partial charge in [-0.1, -0.05) is 11.2 Å². The van der Waals surface area contributed by atoms with Gasteiger partial charge in [0.05, 0.1) is 12.0 Å². The Hall–Kier alpha value is -3.62. The third-order valence-corrected chi connectivity index (χ3v) is 5.63. The second-order valence-electron chi connectivity index (χ2n) is 7.61. The van der Waals surface area contributed by atoms with Gasteiger partial charge in [0.1, 0.15) is 0 Å². The Bertz CT molecular complexity index is 1310. The third kappa shape index (κ3) is 3.45. The Morgan fingerprint density at radius 2 is 2.03 bits per heavy atom. The Morgan fingerprint density at radius 1 is 1.19 bits per heavy atom. The van der Waals surface area contributed by atoms with Crippen LogP contribution in [0.4, 0.5) is 13.2 Å². The van der Waals surface area contributed by atoms with Crippen molar-refractivity contribution in [3.8, 4) is 22.8 Å². The summed E-state index contributed by atoms with van der Waals surface area (Å²) in [5.41, 5.74) is 3.00. The molecule has 9 heteroatoms. The molecule has 2 N–H and O–H groups in total. The van der Waals surface area contributed by atoms with Gasteiger partial charge >= 0.3 is 12.1 Å². The van der Waals surface area contributed by atoms with Crippen LogP contribution in [0.3, 0.4) is 0 Å². The molecule has 31 heavy (non-hydrogen) atoms. The smallest absolute Gasteiger partial charge is 0.416 e. The van der Waals surface area contributed by atoms with E-state index in [1.165, 1.54) is 12.1 Å². The van der Waals surface area contributed by atoms with Crippen molar-refractivity contribution in [2.75, 3.05) is 0 Å². The van der Waals surface area contributed by atoms with Crippen LogP contribution in [0.15, 0.2) is 47.0 Å². The first-order chi connectivity index (χ1) is 14.8. The summed E-state index contributed by atoms with van der Waals surface area (Å²) in [5, 5.41) is 14.0. The molecule has 1 aliphatic carbocycles. The lowest BCUT2D eigenvalue weighted by molar-refractivity contribution is -0.138. The number of fused-ring (bicyclic) bond motifs is 3. The standard InChI is InChI=1S/C22H16F3N3O3/c23-22(24,25)14-3-1-2-13(8-14)21-27-20(28-31-21)12-5-7-17-16(9-12)15-6-4-11(10-18(29)30)19(15)26-17/h1-3,5,7-9,11,26H,4,6,10H2,(H,29,30). The molecule has 2 aromatic carbocycles. The predicted octanol–water partition coefficient (Wildman–Crippen LogP) is 5.41. The van der Waals surface area contributed by atoms with Crippen LogP contribution in [0.5, 0.6) is 0 Å². The number of alkyl halides is 3. The van der Waals surface area contributed by atoms with Crippen molar-refractivity contribution in [1.82, 2.24) is 15.1 Å². The normalized spacial score (nSPS) is 16.0. The van der Waals surface area contributed by atoms with Crippen molar-refractivity contribution in [2.24, 2.45) is 0 Å². The molecule has 2 heterocycles. The lowest BCUT2D eigenvalue weighted by Crippen LogP contribution is -2.04. The molecule has 0 bridgehead atoms. The zero-order valence-electron chi connectivity index (χ0n) is 16.0. The number of nitrogens with zero attached hydrogens (tertiary/aromatic N) is 2. The highest BCUT2D eigenvalue weighted by Crippen LogP contribution is 2.40. The fourth-order valence-electron chi connectivity index (χ4n) is 4.19. The number of rotatable bonds is 4. The number of aliphatic carboxylic acids is 1. The number of hydrogen-bond donors (Lipinski definition) is 2. The molecule has 1 atom stereocenters. The molecule has 0 aliphatic heterocycles. The van der Waals surface area contributed by atoms with Gasteiger partial charge in [0.2, 0.25) is 5.82 Å². The minimum Gasteiger partial charge on any atom is -0.481 e. The van der Waals surface area contributed by atoms with Crippen LogP contribution in [0.1, 0.15) is 35.6 Å². The van der Waals surface area contributed by atoms with Crippen molar-refractivity contribution in [3.63, 3.8) is 0 Å². The van der Waals surface area contributed by atoms with Crippen LogP contribution in [-0.4, -0.2) is 26.2 Å². The second-order valence-corrected chi connectivity index (χ2v) is 7.61. The lowest BCUT2D eigenvalue weighted by atomic mass is 10.0.